The minimum atomic E-state index is -0.250. The van der Waals surface area contributed by atoms with E-state index in [1.54, 1.807) is 0 Å². The van der Waals surface area contributed by atoms with Crippen LogP contribution >= 0.6 is 0 Å². The lowest BCUT2D eigenvalue weighted by Crippen LogP contribution is -2.47. The molecular formula is C22H35NO3. The van der Waals surface area contributed by atoms with Crippen molar-refractivity contribution in [3.8, 4) is 0 Å². The number of likely N-dealkylation sites (tertiary alicyclic amines) is 1. The number of carbonyl (C=O) groups is 1. The van der Waals surface area contributed by atoms with Crippen molar-refractivity contribution in [1.82, 2.24) is 4.90 Å². The monoisotopic (exact) mass is 361 g/mol. The molecule has 1 saturated carbocycles. The Hall–Kier alpha value is -1.39. The van der Waals surface area contributed by atoms with Gasteiger partial charge in [0.25, 0.3) is 6.47 Å². The molecule has 0 unspecified atom stereocenters. The molecule has 0 radical (unpaired) electrons. The zero-order valence-corrected chi connectivity index (χ0v) is 16.6. The Morgan fingerprint density at radius 2 is 1.85 bits per heavy atom. The fourth-order valence-corrected chi connectivity index (χ4v) is 4.84. The van der Waals surface area contributed by atoms with Gasteiger partial charge >= 0.3 is 0 Å². The third-order valence-corrected chi connectivity index (χ3v) is 5.87. The van der Waals surface area contributed by atoms with Gasteiger partial charge in [-0.05, 0) is 55.7 Å². The fraction of sp³-hybridized carbons (Fsp3) is 0.682. The highest BCUT2D eigenvalue weighted by Crippen LogP contribution is 2.46. The third-order valence-electron chi connectivity index (χ3n) is 5.87. The zero-order valence-electron chi connectivity index (χ0n) is 16.6. The normalized spacial score (nSPS) is 25.9. The maximum absolute atomic E-state index is 8.36. The van der Waals surface area contributed by atoms with E-state index in [0.29, 0.717) is 11.5 Å². The number of carboxylic acid groups (broad SMARTS) is 1. The Kier molecular flexibility index (Phi) is 8.11. The standard InChI is InChI=1S/C21H33NO.CH2O2/c1-17(2)14-18-7-9-19(10-8-18)15-22-13-5-12-21(16-22)11-4-6-20(21)23-3;2-1-3/h7-10,17,20H,4-6,11-16H2,1-3H3;1H,(H,2,3)/t20-,21-;/m1./s1. The summed E-state index contributed by atoms with van der Waals surface area (Å²) in [5, 5.41) is 6.89. The van der Waals surface area contributed by atoms with E-state index < -0.39 is 0 Å². The summed E-state index contributed by atoms with van der Waals surface area (Å²) in [5.74, 6) is 0.733. The maximum Gasteiger partial charge on any atom is 0.290 e. The lowest BCUT2D eigenvalue weighted by Gasteiger charge is -2.43. The molecule has 2 atom stereocenters. The van der Waals surface area contributed by atoms with Crippen molar-refractivity contribution in [1.29, 1.82) is 0 Å². The predicted octanol–water partition coefficient (Wildman–Crippen LogP) is 4.37. The summed E-state index contributed by atoms with van der Waals surface area (Å²) in [5.41, 5.74) is 3.36. The molecule has 1 saturated heterocycles. The van der Waals surface area contributed by atoms with Crippen LogP contribution in [0.5, 0.6) is 0 Å². The predicted molar refractivity (Wildman–Crippen MR) is 105 cm³/mol. The van der Waals surface area contributed by atoms with Gasteiger partial charge in [-0.25, -0.2) is 0 Å². The summed E-state index contributed by atoms with van der Waals surface area (Å²) in [7, 11) is 1.91. The minimum Gasteiger partial charge on any atom is -0.483 e. The van der Waals surface area contributed by atoms with E-state index in [4.69, 9.17) is 14.6 Å². The van der Waals surface area contributed by atoms with Crippen LogP contribution in [0.1, 0.15) is 57.1 Å². The van der Waals surface area contributed by atoms with Gasteiger partial charge in [0.15, 0.2) is 0 Å². The minimum absolute atomic E-state index is 0.250. The highest BCUT2D eigenvalue weighted by atomic mass is 16.5. The number of benzene rings is 1. The highest BCUT2D eigenvalue weighted by molar-refractivity contribution is 5.32. The molecule has 3 rings (SSSR count). The number of ether oxygens (including phenoxy) is 1. The molecule has 0 aromatic heterocycles. The molecule has 26 heavy (non-hydrogen) atoms. The molecule has 2 aliphatic rings. The van der Waals surface area contributed by atoms with Crippen molar-refractivity contribution in [3.05, 3.63) is 35.4 Å². The van der Waals surface area contributed by atoms with E-state index in [1.165, 1.54) is 62.7 Å². The average molecular weight is 362 g/mol. The van der Waals surface area contributed by atoms with Gasteiger partial charge in [0.05, 0.1) is 6.10 Å². The number of hydrogen-bond acceptors (Lipinski definition) is 3. The smallest absolute Gasteiger partial charge is 0.290 e. The van der Waals surface area contributed by atoms with Crippen LogP contribution in [0.3, 0.4) is 0 Å². The molecule has 1 aromatic rings. The van der Waals surface area contributed by atoms with E-state index in [2.05, 4.69) is 43.0 Å². The molecular weight excluding hydrogens is 326 g/mol. The zero-order chi connectivity index (χ0) is 19.0. The van der Waals surface area contributed by atoms with Gasteiger partial charge < -0.3 is 9.84 Å². The second kappa shape index (κ2) is 10.1. The van der Waals surface area contributed by atoms with Crippen molar-refractivity contribution in [3.63, 3.8) is 0 Å². The first-order valence-electron chi connectivity index (χ1n) is 9.94. The molecule has 4 heteroatoms. The SMILES string of the molecule is CO[C@@H]1CCC[C@]12CCCN(Cc1ccc(CC(C)C)cc1)C2.O=CO. The molecule has 1 heterocycles. The molecule has 1 aliphatic heterocycles. The van der Waals surface area contributed by atoms with E-state index in [0.717, 1.165) is 12.5 Å². The highest BCUT2D eigenvalue weighted by Gasteiger charge is 2.45. The summed E-state index contributed by atoms with van der Waals surface area (Å²) in [4.78, 5) is 11.0. The Morgan fingerprint density at radius 3 is 2.46 bits per heavy atom. The first-order valence-corrected chi connectivity index (χ1v) is 9.94. The molecule has 1 spiro atoms. The number of rotatable bonds is 5. The first kappa shape index (κ1) is 20.9. The topological polar surface area (TPSA) is 49.8 Å². The van der Waals surface area contributed by atoms with Gasteiger partial charge in [-0.1, -0.05) is 44.5 Å². The fourth-order valence-electron chi connectivity index (χ4n) is 4.84. The lowest BCUT2D eigenvalue weighted by molar-refractivity contribution is -0.122. The third kappa shape index (κ3) is 5.55. The van der Waals surface area contributed by atoms with Crippen molar-refractivity contribution in [2.75, 3.05) is 20.2 Å². The summed E-state index contributed by atoms with van der Waals surface area (Å²) in [6.45, 7) is 7.88. The second-order valence-corrected chi connectivity index (χ2v) is 8.31. The summed E-state index contributed by atoms with van der Waals surface area (Å²) in [6, 6.07) is 9.31. The van der Waals surface area contributed by atoms with Crippen LogP contribution < -0.4 is 0 Å². The number of methoxy groups -OCH3 is 1. The van der Waals surface area contributed by atoms with E-state index in [1.807, 2.05) is 7.11 Å². The molecule has 1 aromatic carbocycles. The molecule has 146 valence electrons. The molecule has 2 fully saturated rings. The van der Waals surface area contributed by atoms with Crippen molar-refractivity contribution >= 4 is 6.47 Å². The van der Waals surface area contributed by atoms with Crippen LogP contribution in [-0.4, -0.2) is 42.8 Å². The van der Waals surface area contributed by atoms with Gasteiger partial charge in [0.2, 0.25) is 0 Å². The number of hydrogen-bond donors (Lipinski definition) is 1. The average Bonchev–Trinajstić information content (AvgIpc) is 2.98. The van der Waals surface area contributed by atoms with Crippen LogP contribution in [-0.2, 0) is 22.5 Å². The van der Waals surface area contributed by atoms with E-state index in [9.17, 15) is 0 Å². The summed E-state index contributed by atoms with van der Waals surface area (Å²) < 4.78 is 5.83. The molecule has 0 amide bonds. The maximum atomic E-state index is 8.36. The molecule has 1 aliphatic carbocycles. The Balaban J connectivity index is 0.000000758. The number of piperidine rings is 1. The van der Waals surface area contributed by atoms with Crippen LogP contribution in [0.25, 0.3) is 0 Å². The van der Waals surface area contributed by atoms with Crippen LogP contribution in [0.15, 0.2) is 24.3 Å². The molecule has 1 N–H and O–H groups in total. The molecule has 0 bridgehead atoms. The van der Waals surface area contributed by atoms with Gasteiger partial charge in [0.1, 0.15) is 0 Å². The van der Waals surface area contributed by atoms with Crippen LogP contribution in [0.2, 0.25) is 0 Å². The van der Waals surface area contributed by atoms with Gasteiger partial charge in [0, 0.05) is 25.6 Å². The Labute approximate surface area is 158 Å². The van der Waals surface area contributed by atoms with Gasteiger partial charge in [-0.2, -0.15) is 0 Å². The van der Waals surface area contributed by atoms with Crippen molar-refractivity contribution in [2.24, 2.45) is 11.3 Å². The van der Waals surface area contributed by atoms with Gasteiger partial charge in [-0.3, -0.25) is 9.69 Å². The van der Waals surface area contributed by atoms with E-state index >= 15 is 0 Å². The Morgan fingerprint density at radius 1 is 1.23 bits per heavy atom. The van der Waals surface area contributed by atoms with Crippen molar-refractivity contribution < 1.29 is 14.6 Å². The first-order chi connectivity index (χ1) is 12.5. The quantitative estimate of drug-likeness (QED) is 0.791. The number of nitrogens with zero attached hydrogens (tertiary/aromatic N) is 1. The Bertz CT molecular complexity index is 543. The largest absolute Gasteiger partial charge is 0.483 e. The molecule has 4 nitrogen and oxygen atoms in total. The van der Waals surface area contributed by atoms with Crippen LogP contribution in [0, 0.1) is 11.3 Å². The van der Waals surface area contributed by atoms with Crippen LogP contribution in [0.4, 0.5) is 0 Å². The summed E-state index contributed by atoms with van der Waals surface area (Å²) >= 11 is 0. The van der Waals surface area contributed by atoms with E-state index in [-0.39, 0.29) is 6.47 Å². The van der Waals surface area contributed by atoms with Gasteiger partial charge in [-0.15, -0.1) is 0 Å². The second-order valence-electron chi connectivity index (χ2n) is 8.31. The van der Waals surface area contributed by atoms with Crippen molar-refractivity contribution in [2.45, 2.75) is 65.0 Å². The lowest BCUT2D eigenvalue weighted by atomic mass is 9.76. The summed E-state index contributed by atoms with van der Waals surface area (Å²) in [6.07, 6.45) is 8.31.